The van der Waals surface area contributed by atoms with E-state index in [9.17, 15) is 15.2 Å². The molecule has 0 unspecified atom stereocenters. The Balaban J connectivity index is 1.92. The van der Waals surface area contributed by atoms with E-state index in [0.717, 1.165) is 31.2 Å². The fourth-order valence-electron chi connectivity index (χ4n) is 2.61. The number of aryl methyl sites for hydroxylation is 1. The molecule has 0 spiro atoms. The van der Waals surface area contributed by atoms with Gasteiger partial charge in [-0.2, -0.15) is 0 Å². The highest BCUT2D eigenvalue weighted by molar-refractivity contribution is 5.42. The molecule has 19 heavy (non-hydrogen) atoms. The van der Waals surface area contributed by atoms with Crippen molar-refractivity contribution in [2.45, 2.75) is 44.8 Å². The minimum Gasteiger partial charge on any atom is -0.389 e. The van der Waals surface area contributed by atoms with E-state index in [1.54, 1.807) is 19.1 Å². The Morgan fingerprint density at radius 3 is 2.74 bits per heavy atom. The Morgan fingerprint density at radius 1 is 1.42 bits per heavy atom. The standard InChI is InChI=1S/C14H20N2O3/c1-11-4-5-12(8-13(11)16(18)19)9-15-10-14(17)6-2-3-7-14/h4-5,8,15,17H,2-3,6-7,9-10H2,1H3. The van der Waals surface area contributed by atoms with Crippen molar-refractivity contribution in [3.63, 3.8) is 0 Å². The summed E-state index contributed by atoms with van der Waals surface area (Å²) in [6, 6.07) is 5.24. The van der Waals surface area contributed by atoms with E-state index in [2.05, 4.69) is 5.32 Å². The molecule has 0 atom stereocenters. The molecule has 1 aliphatic carbocycles. The van der Waals surface area contributed by atoms with Crippen molar-refractivity contribution in [1.82, 2.24) is 5.32 Å². The van der Waals surface area contributed by atoms with Gasteiger partial charge in [0.1, 0.15) is 0 Å². The van der Waals surface area contributed by atoms with Crippen molar-refractivity contribution in [3.05, 3.63) is 39.4 Å². The Kier molecular flexibility index (Phi) is 4.17. The molecule has 0 radical (unpaired) electrons. The Hall–Kier alpha value is -1.46. The van der Waals surface area contributed by atoms with Crippen molar-refractivity contribution in [2.24, 2.45) is 0 Å². The van der Waals surface area contributed by atoms with Crippen molar-refractivity contribution >= 4 is 5.69 Å². The molecule has 104 valence electrons. The summed E-state index contributed by atoms with van der Waals surface area (Å²) >= 11 is 0. The van der Waals surface area contributed by atoms with Gasteiger partial charge >= 0.3 is 0 Å². The first-order valence-electron chi connectivity index (χ1n) is 6.67. The van der Waals surface area contributed by atoms with E-state index < -0.39 is 5.60 Å². The molecular weight excluding hydrogens is 244 g/mol. The maximum atomic E-state index is 10.9. The zero-order chi connectivity index (χ0) is 13.9. The quantitative estimate of drug-likeness (QED) is 0.632. The molecule has 0 aliphatic heterocycles. The fourth-order valence-corrected chi connectivity index (χ4v) is 2.61. The summed E-state index contributed by atoms with van der Waals surface area (Å²) in [4.78, 5) is 10.5. The van der Waals surface area contributed by atoms with Gasteiger partial charge in [-0.25, -0.2) is 0 Å². The van der Waals surface area contributed by atoms with Crippen LogP contribution in [-0.2, 0) is 6.54 Å². The van der Waals surface area contributed by atoms with Gasteiger partial charge in [0.05, 0.1) is 10.5 Å². The molecule has 1 fully saturated rings. The van der Waals surface area contributed by atoms with Gasteiger partial charge < -0.3 is 10.4 Å². The highest BCUT2D eigenvalue weighted by Gasteiger charge is 2.30. The van der Waals surface area contributed by atoms with Crippen LogP contribution in [0.15, 0.2) is 18.2 Å². The van der Waals surface area contributed by atoms with Gasteiger partial charge in [0, 0.05) is 24.7 Å². The van der Waals surface area contributed by atoms with Crippen molar-refractivity contribution in [3.8, 4) is 0 Å². The van der Waals surface area contributed by atoms with Crippen LogP contribution in [0.25, 0.3) is 0 Å². The molecule has 0 heterocycles. The smallest absolute Gasteiger partial charge is 0.272 e. The van der Waals surface area contributed by atoms with Gasteiger partial charge in [0.15, 0.2) is 0 Å². The molecule has 2 rings (SSSR count). The van der Waals surface area contributed by atoms with Crippen LogP contribution in [0.2, 0.25) is 0 Å². The number of rotatable bonds is 5. The predicted molar refractivity (Wildman–Crippen MR) is 73.0 cm³/mol. The summed E-state index contributed by atoms with van der Waals surface area (Å²) in [5, 5.41) is 24.2. The number of hydrogen-bond donors (Lipinski definition) is 2. The number of benzene rings is 1. The number of nitro benzene ring substituents is 1. The highest BCUT2D eigenvalue weighted by atomic mass is 16.6. The lowest BCUT2D eigenvalue weighted by atomic mass is 10.0. The van der Waals surface area contributed by atoms with Crippen LogP contribution in [0.1, 0.15) is 36.8 Å². The van der Waals surface area contributed by atoms with Gasteiger partial charge in [-0.1, -0.05) is 25.0 Å². The first-order chi connectivity index (χ1) is 9.00. The van der Waals surface area contributed by atoms with Crippen molar-refractivity contribution < 1.29 is 10.0 Å². The first kappa shape index (κ1) is 14.0. The monoisotopic (exact) mass is 264 g/mol. The van der Waals surface area contributed by atoms with Gasteiger partial charge in [-0.05, 0) is 25.3 Å². The molecule has 1 aromatic rings. The number of hydrogen-bond acceptors (Lipinski definition) is 4. The summed E-state index contributed by atoms with van der Waals surface area (Å²) in [6.45, 7) is 2.83. The fraction of sp³-hybridized carbons (Fsp3) is 0.571. The summed E-state index contributed by atoms with van der Waals surface area (Å²) in [6.07, 6.45) is 3.84. The molecule has 0 aromatic heterocycles. The SMILES string of the molecule is Cc1ccc(CNCC2(O)CCCC2)cc1[N+](=O)[O-]. The minimum atomic E-state index is -0.587. The molecule has 0 amide bonds. The molecule has 0 bridgehead atoms. The summed E-state index contributed by atoms with van der Waals surface area (Å²) < 4.78 is 0. The van der Waals surface area contributed by atoms with Crippen molar-refractivity contribution in [1.29, 1.82) is 0 Å². The van der Waals surface area contributed by atoms with Crippen LogP contribution in [0, 0.1) is 17.0 Å². The topological polar surface area (TPSA) is 75.4 Å². The van der Waals surface area contributed by atoms with Gasteiger partial charge in [0.2, 0.25) is 0 Å². The molecule has 0 saturated heterocycles. The largest absolute Gasteiger partial charge is 0.389 e. The third kappa shape index (κ3) is 3.52. The normalized spacial score (nSPS) is 17.6. The van der Waals surface area contributed by atoms with Crippen LogP contribution in [0.4, 0.5) is 5.69 Å². The van der Waals surface area contributed by atoms with Gasteiger partial charge in [-0.3, -0.25) is 10.1 Å². The van der Waals surface area contributed by atoms with E-state index in [1.165, 1.54) is 0 Å². The second-order valence-electron chi connectivity index (χ2n) is 5.41. The van der Waals surface area contributed by atoms with E-state index in [0.29, 0.717) is 18.7 Å². The van der Waals surface area contributed by atoms with Gasteiger partial charge in [-0.15, -0.1) is 0 Å². The second-order valence-corrected chi connectivity index (χ2v) is 5.41. The van der Waals surface area contributed by atoms with Crippen LogP contribution >= 0.6 is 0 Å². The lowest BCUT2D eigenvalue weighted by molar-refractivity contribution is -0.385. The Morgan fingerprint density at radius 2 is 2.11 bits per heavy atom. The highest BCUT2D eigenvalue weighted by Crippen LogP contribution is 2.28. The van der Waals surface area contributed by atoms with E-state index in [4.69, 9.17) is 0 Å². The lowest BCUT2D eigenvalue weighted by Gasteiger charge is -2.22. The minimum absolute atomic E-state index is 0.152. The molecule has 5 nitrogen and oxygen atoms in total. The third-order valence-corrected chi connectivity index (χ3v) is 3.79. The maximum Gasteiger partial charge on any atom is 0.272 e. The molecular formula is C14H20N2O3. The number of aliphatic hydroxyl groups is 1. The average molecular weight is 264 g/mol. The second kappa shape index (κ2) is 5.67. The first-order valence-corrected chi connectivity index (χ1v) is 6.67. The molecule has 1 aliphatic rings. The van der Waals surface area contributed by atoms with E-state index in [1.807, 2.05) is 6.07 Å². The van der Waals surface area contributed by atoms with E-state index in [-0.39, 0.29) is 10.6 Å². The lowest BCUT2D eigenvalue weighted by Crippen LogP contribution is -2.37. The molecule has 5 heteroatoms. The zero-order valence-electron chi connectivity index (χ0n) is 11.2. The number of nitrogens with one attached hydrogen (secondary N) is 1. The summed E-state index contributed by atoms with van der Waals surface area (Å²) in [5.41, 5.74) is 1.11. The van der Waals surface area contributed by atoms with Crippen LogP contribution in [0.3, 0.4) is 0 Å². The van der Waals surface area contributed by atoms with Crippen molar-refractivity contribution in [2.75, 3.05) is 6.54 Å². The van der Waals surface area contributed by atoms with Crippen LogP contribution in [0.5, 0.6) is 0 Å². The third-order valence-electron chi connectivity index (χ3n) is 3.79. The molecule has 1 aromatic carbocycles. The summed E-state index contributed by atoms with van der Waals surface area (Å²) in [5.74, 6) is 0. The predicted octanol–water partition coefficient (Wildman–Crippen LogP) is 2.30. The zero-order valence-corrected chi connectivity index (χ0v) is 11.2. The number of nitro groups is 1. The maximum absolute atomic E-state index is 10.9. The average Bonchev–Trinajstić information content (AvgIpc) is 2.78. The molecule has 1 saturated carbocycles. The Labute approximate surface area is 112 Å². The van der Waals surface area contributed by atoms with Crippen LogP contribution in [-0.4, -0.2) is 22.2 Å². The summed E-state index contributed by atoms with van der Waals surface area (Å²) in [7, 11) is 0. The Bertz CT molecular complexity index is 468. The molecule has 2 N–H and O–H groups in total. The number of nitrogens with zero attached hydrogens (tertiary/aromatic N) is 1. The van der Waals surface area contributed by atoms with E-state index >= 15 is 0 Å². The van der Waals surface area contributed by atoms with Crippen LogP contribution < -0.4 is 5.32 Å². The van der Waals surface area contributed by atoms with Gasteiger partial charge in [0.25, 0.3) is 5.69 Å².